The van der Waals surface area contributed by atoms with Crippen LogP contribution in [0, 0.1) is 0 Å². The van der Waals surface area contributed by atoms with Gasteiger partial charge >= 0.3 is 0 Å². The molecule has 3 heteroatoms. The average molecular weight is 291 g/mol. The molecule has 0 aliphatic carbocycles. The zero-order valence-corrected chi connectivity index (χ0v) is 12.5. The van der Waals surface area contributed by atoms with Crippen molar-refractivity contribution in [3.05, 3.63) is 64.7 Å². The van der Waals surface area contributed by atoms with Gasteiger partial charge in [0.25, 0.3) is 0 Å². The van der Waals surface area contributed by atoms with Crippen LogP contribution in [0.4, 0.5) is 0 Å². The highest BCUT2D eigenvalue weighted by molar-refractivity contribution is 6.31. The van der Waals surface area contributed by atoms with E-state index in [9.17, 15) is 5.11 Å². The number of halogens is 1. The molecule has 0 saturated heterocycles. The van der Waals surface area contributed by atoms with Crippen molar-refractivity contribution in [2.24, 2.45) is 0 Å². The summed E-state index contributed by atoms with van der Waals surface area (Å²) in [5.41, 5.74) is 0.862. The third-order valence-electron chi connectivity index (χ3n) is 3.31. The molecule has 0 heterocycles. The van der Waals surface area contributed by atoms with Crippen LogP contribution >= 0.6 is 11.6 Å². The third-order valence-corrected chi connectivity index (χ3v) is 3.68. The third kappa shape index (κ3) is 3.53. The van der Waals surface area contributed by atoms with Crippen LogP contribution in [0.25, 0.3) is 0 Å². The number of hydrogen-bond acceptors (Lipinski definition) is 2. The van der Waals surface area contributed by atoms with Crippen molar-refractivity contribution in [2.45, 2.75) is 25.9 Å². The predicted molar refractivity (Wildman–Crippen MR) is 82.3 cm³/mol. The van der Waals surface area contributed by atoms with Crippen molar-refractivity contribution >= 4 is 11.6 Å². The summed E-state index contributed by atoms with van der Waals surface area (Å²) in [4.78, 5) is 0. The Morgan fingerprint density at radius 2 is 1.85 bits per heavy atom. The van der Waals surface area contributed by atoms with Crippen LogP contribution in [0.5, 0.6) is 5.75 Å². The van der Waals surface area contributed by atoms with Gasteiger partial charge in [-0.15, -0.1) is 0 Å². The van der Waals surface area contributed by atoms with Crippen molar-refractivity contribution in [3.63, 3.8) is 0 Å². The molecule has 2 nitrogen and oxygen atoms in total. The van der Waals surface area contributed by atoms with E-state index in [1.54, 1.807) is 6.92 Å². The molecular weight excluding hydrogens is 272 g/mol. The standard InChI is InChI=1S/C17H19ClO2/c1-3-13-11-15(9-10-16(13)18)20-12-17(2,19)14-7-5-4-6-8-14/h4-11,19H,3,12H2,1-2H3. The van der Waals surface area contributed by atoms with Crippen LogP contribution in [-0.4, -0.2) is 11.7 Å². The van der Waals surface area contributed by atoms with Gasteiger partial charge in [0.15, 0.2) is 0 Å². The molecule has 1 atom stereocenters. The lowest BCUT2D eigenvalue weighted by Gasteiger charge is -2.24. The van der Waals surface area contributed by atoms with Gasteiger partial charge in [-0.3, -0.25) is 0 Å². The Balaban J connectivity index is 2.08. The Bertz CT molecular complexity index is 564. The molecule has 106 valence electrons. The highest BCUT2D eigenvalue weighted by Crippen LogP contribution is 2.25. The smallest absolute Gasteiger partial charge is 0.121 e. The van der Waals surface area contributed by atoms with E-state index in [0.717, 1.165) is 28.3 Å². The van der Waals surface area contributed by atoms with Gasteiger partial charge in [-0.05, 0) is 42.7 Å². The SMILES string of the molecule is CCc1cc(OCC(C)(O)c2ccccc2)ccc1Cl. The minimum atomic E-state index is -1.02. The Kier molecular flexibility index (Phi) is 4.69. The minimum absolute atomic E-state index is 0.196. The molecule has 0 aliphatic heterocycles. The van der Waals surface area contributed by atoms with Gasteiger partial charge < -0.3 is 9.84 Å². The molecule has 2 aromatic rings. The summed E-state index contributed by atoms with van der Waals surface area (Å²) in [5, 5.41) is 11.2. The lowest BCUT2D eigenvalue weighted by Crippen LogP contribution is -2.29. The lowest BCUT2D eigenvalue weighted by molar-refractivity contribution is 0.00758. The molecule has 0 amide bonds. The highest BCUT2D eigenvalue weighted by Gasteiger charge is 2.23. The molecule has 1 N–H and O–H groups in total. The number of aliphatic hydroxyl groups is 1. The molecule has 0 bridgehead atoms. The van der Waals surface area contributed by atoms with Crippen LogP contribution < -0.4 is 4.74 Å². The number of rotatable bonds is 5. The van der Waals surface area contributed by atoms with Crippen LogP contribution in [-0.2, 0) is 12.0 Å². The summed E-state index contributed by atoms with van der Waals surface area (Å²) in [6.45, 7) is 3.99. The largest absolute Gasteiger partial charge is 0.490 e. The van der Waals surface area contributed by atoms with Gasteiger partial charge in [-0.1, -0.05) is 48.9 Å². The lowest BCUT2D eigenvalue weighted by atomic mass is 9.97. The van der Waals surface area contributed by atoms with E-state index >= 15 is 0 Å². The zero-order valence-electron chi connectivity index (χ0n) is 11.8. The quantitative estimate of drug-likeness (QED) is 0.895. The summed E-state index contributed by atoms with van der Waals surface area (Å²) in [6, 6.07) is 15.1. The van der Waals surface area contributed by atoms with Gasteiger partial charge in [0.2, 0.25) is 0 Å². The Hall–Kier alpha value is -1.51. The van der Waals surface area contributed by atoms with E-state index in [0.29, 0.717) is 0 Å². The van der Waals surface area contributed by atoms with Crippen molar-refractivity contribution in [1.29, 1.82) is 0 Å². The fourth-order valence-corrected chi connectivity index (χ4v) is 2.27. The monoisotopic (exact) mass is 290 g/mol. The van der Waals surface area contributed by atoms with Gasteiger partial charge in [-0.2, -0.15) is 0 Å². The molecule has 0 aromatic heterocycles. The molecule has 1 unspecified atom stereocenters. The predicted octanol–water partition coefficient (Wildman–Crippen LogP) is 4.19. The van der Waals surface area contributed by atoms with Crippen LogP contribution in [0.1, 0.15) is 25.0 Å². The van der Waals surface area contributed by atoms with Crippen LogP contribution in [0.3, 0.4) is 0 Å². The first-order valence-corrected chi connectivity index (χ1v) is 7.10. The summed E-state index contributed by atoms with van der Waals surface area (Å²) in [7, 11) is 0. The first-order chi connectivity index (χ1) is 9.53. The van der Waals surface area contributed by atoms with Gasteiger partial charge in [0, 0.05) is 5.02 Å². The van der Waals surface area contributed by atoms with Crippen LogP contribution in [0.15, 0.2) is 48.5 Å². The van der Waals surface area contributed by atoms with E-state index in [4.69, 9.17) is 16.3 Å². The maximum Gasteiger partial charge on any atom is 0.121 e. The number of benzene rings is 2. The summed E-state index contributed by atoms with van der Waals surface area (Å²) < 4.78 is 5.71. The second-order valence-corrected chi connectivity index (χ2v) is 5.44. The molecule has 2 aromatic carbocycles. The second kappa shape index (κ2) is 6.29. The summed E-state index contributed by atoms with van der Waals surface area (Å²) >= 11 is 6.08. The molecule has 0 aliphatic rings. The topological polar surface area (TPSA) is 29.5 Å². The summed E-state index contributed by atoms with van der Waals surface area (Å²) in [5.74, 6) is 0.724. The fraction of sp³-hybridized carbons (Fsp3) is 0.294. The first kappa shape index (κ1) is 14.9. The van der Waals surface area contributed by atoms with E-state index in [-0.39, 0.29) is 6.61 Å². The first-order valence-electron chi connectivity index (χ1n) is 6.72. The van der Waals surface area contributed by atoms with E-state index in [1.807, 2.05) is 55.5 Å². The van der Waals surface area contributed by atoms with Crippen molar-refractivity contribution < 1.29 is 9.84 Å². The van der Waals surface area contributed by atoms with Crippen molar-refractivity contribution in [3.8, 4) is 5.75 Å². The maximum absolute atomic E-state index is 10.5. The fourth-order valence-electron chi connectivity index (χ4n) is 2.02. The minimum Gasteiger partial charge on any atom is -0.490 e. The zero-order chi connectivity index (χ0) is 14.6. The Labute approximate surface area is 125 Å². The Morgan fingerprint density at radius 3 is 2.50 bits per heavy atom. The molecule has 20 heavy (non-hydrogen) atoms. The van der Waals surface area contributed by atoms with Gasteiger partial charge in [0.05, 0.1) is 0 Å². The molecule has 0 fully saturated rings. The van der Waals surface area contributed by atoms with E-state index in [2.05, 4.69) is 0 Å². The second-order valence-electron chi connectivity index (χ2n) is 5.04. The molecule has 0 spiro atoms. The van der Waals surface area contributed by atoms with Crippen molar-refractivity contribution in [2.75, 3.05) is 6.61 Å². The number of ether oxygens (including phenoxy) is 1. The number of aryl methyl sites for hydroxylation is 1. The van der Waals surface area contributed by atoms with E-state index in [1.165, 1.54) is 0 Å². The molecule has 0 radical (unpaired) electrons. The maximum atomic E-state index is 10.5. The van der Waals surface area contributed by atoms with Gasteiger partial charge in [-0.25, -0.2) is 0 Å². The van der Waals surface area contributed by atoms with E-state index < -0.39 is 5.60 Å². The molecule has 0 saturated carbocycles. The number of hydrogen-bond donors (Lipinski definition) is 1. The highest BCUT2D eigenvalue weighted by atomic mass is 35.5. The summed E-state index contributed by atoms with van der Waals surface area (Å²) in [6.07, 6.45) is 0.852. The normalized spacial score (nSPS) is 13.8. The molecule has 2 rings (SSSR count). The van der Waals surface area contributed by atoms with Crippen molar-refractivity contribution in [1.82, 2.24) is 0 Å². The van der Waals surface area contributed by atoms with Crippen LogP contribution in [0.2, 0.25) is 5.02 Å². The average Bonchev–Trinajstić information content (AvgIpc) is 2.47. The molecular formula is C17H19ClO2. The Morgan fingerprint density at radius 1 is 1.15 bits per heavy atom. The van der Waals surface area contributed by atoms with Gasteiger partial charge in [0.1, 0.15) is 18.0 Å².